The predicted octanol–water partition coefficient (Wildman–Crippen LogP) is 1.45. The van der Waals surface area contributed by atoms with Crippen molar-refractivity contribution >= 4 is 17.7 Å². The molecule has 14 heavy (non-hydrogen) atoms. The van der Waals surface area contributed by atoms with Gasteiger partial charge in [-0.2, -0.15) is 0 Å². The van der Waals surface area contributed by atoms with Crippen LogP contribution >= 0.6 is 0 Å². The van der Waals surface area contributed by atoms with E-state index >= 15 is 0 Å². The van der Waals surface area contributed by atoms with Crippen molar-refractivity contribution in [2.45, 2.75) is 6.92 Å². The van der Waals surface area contributed by atoms with Gasteiger partial charge in [0, 0.05) is 17.7 Å². The van der Waals surface area contributed by atoms with Gasteiger partial charge in [-0.25, -0.2) is 4.79 Å². The van der Waals surface area contributed by atoms with E-state index in [1.54, 1.807) is 6.92 Å². The van der Waals surface area contributed by atoms with E-state index in [1.165, 1.54) is 18.1 Å². The normalized spacial score (nSPS) is 9.21. The van der Waals surface area contributed by atoms with Crippen molar-refractivity contribution in [3.63, 3.8) is 0 Å². The smallest absolute Gasteiger partial charge is 0.311 e. The number of nitrogens with zero attached hydrogens (tertiary/aromatic N) is 1. The lowest BCUT2D eigenvalue weighted by atomic mass is 10.1. The summed E-state index contributed by atoms with van der Waals surface area (Å²) in [7, 11) is 0. The summed E-state index contributed by atoms with van der Waals surface area (Å²) in [5.41, 5.74) is 0.286. The second-order valence-corrected chi connectivity index (χ2v) is 2.74. The third-order valence-corrected chi connectivity index (χ3v) is 1.67. The molecular formula is C9H7NO4. The van der Waals surface area contributed by atoms with Crippen molar-refractivity contribution in [3.8, 4) is 5.75 Å². The first-order chi connectivity index (χ1) is 6.56. The predicted molar refractivity (Wildman–Crippen MR) is 49.7 cm³/mol. The molecule has 1 aromatic rings. The first kappa shape index (κ1) is 9.95. The highest BCUT2D eigenvalue weighted by Gasteiger charge is 2.16. The Labute approximate surface area is 79.4 Å². The lowest BCUT2D eigenvalue weighted by Crippen LogP contribution is -1.91. The molecule has 5 nitrogen and oxygen atoms in total. The summed E-state index contributed by atoms with van der Waals surface area (Å²) in [6.07, 6.45) is 0.954. The number of nitro groups is 1. The number of hydrogen-bond acceptors (Lipinski definition) is 4. The van der Waals surface area contributed by atoms with Crippen molar-refractivity contribution < 1.29 is 14.8 Å². The van der Waals surface area contributed by atoms with Gasteiger partial charge in [0.05, 0.1) is 4.92 Å². The van der Waals surface area contributed by atoms with Crippen LogP contribution in [0.4, 0.5) is 5.69 Å². The second kappa shape index (κ2) is 3.72. The lowest BCUT2D eigenvalue weighted by Gasteiger charge is -2.00. The van der Waals surface area contributed by atoms with E-state index in [4.69, 9.17) is 0 Å². The van der Waals surface area contributed by atoms with Gasteiger partial charge in [-0.05, 0) is 18.6 Å². The monoisotopic (exact) mass is 193 g/mol. The summed E-state index contributed by atoms with van der Waals surface area (Å²) in [4.78, 5) is 19.8. The summed E-state index contributed by atoms with van der Waals surface area (Å²) in [5, 5.41) is 19.8. The molecule has 5 heteroatoms. The van der Waals surface area contributed by atoms with Crippen LogP contribution in [0.3, 0.4) is 0 Å². The number of aromatic hydroxyl groups is 1. The van der Waals surface area contributed by atoms with Gasteiger partial charge >= 0.3 is 5.69 Å². The molecule has 0 aromatic heterocycles. The SMILES string of the molecule is Cc1cc(C=C=O)c(O)c([N+](=O)[O-])c1. The van der Waals surface area contributed by atoms with Crippen LogP contribution in [0, 0.1) is 17.0 Å². The molecule has 0 radical (unpaired) electrons. The molecule has 0 spiro atoms. The van der Waals surface area contributed by atoms with Gasteiger partial charge in [0.25, 0.3) is 0 Å². The van der Waals surface area contributed by atoms with E-state index in [0.717, 1.165) is 6.08 Å². The summed E-state index contributed by atoms with van der Waals surface area (Å²) in [6, 6.07) is 2.70. The fraction of sp³-hybridized carbons (Fsp3) is 0.111. The van der Waals surface area contributed by atoms with Crippen LogP contribution in [0.15, 0.2) is 12.1 Å². The fourth-order valence-corrected chi connectivity index (χ4v) is 1.10. The summed E-state index contributed by atoms with van der Waals surface area (Å²) < 4.78 is 0. The standard InChI is InChI=1S/C9H7NO4/c1-6-4-7(2-3-11)9(12)8(5-6)10(13)14/h2,4-5,12H,1H3. The van der Waals surface area contributed by atoms with E-state index in [0.29, 0.717) is 5.56 Å². The number of rotatable bonds is 2. The molecule has 0 saturated carbocycles. The molecule has 1 N–H and O–H groups in total. The maximum absolute atomic E-state index is 10.5. The van der Waals surface area contributed by atoms with Crippen molar-refractivity contribution in [2.24, 2.45) is 0 Å². The zero-order chi connectivity index (χ0) is 10.7. The molecule has 0 bridgehead atoms. The minimum Gasteiger partial charge on any atom is -0.502 e. The molecule has 0 saturated heterocycles. The van der Waals surface area contributed by atoms with Gasteiger partial charge in [-0.1, -0.05) is 0 Å². The molecule has 0 unspecified atom stereocenters. The fourth-order valence-electron chi connectivity index (χ4n) is 1.10. The third-order valence-electron chi connectivity index (χ3n) is 1.67. The maximum atomic E-state index is 10.5. The van der Waals surface area contributed by atoms with E-state index in [9.17, 15) is 20.0 Å². The van der Waals surface area contributed by atoms with Crippen LogP contribution in [0.25, 0.3) is 6.08 Å². The van der Waals surface area contributed by atoms with E-state index in [1.807, 2.05) is 0 Å². The van der Waals surface area contributed by atoms with Gasteiger partial charge < -0.3 is 5.11 Å². The van der Waals surface area contributed by atoms with Gasteiger partial charge in [-0.3, -0.25) is 10.1 Å². The zero-order valence-corrected chi connectivity index (χ0v) is 7.35. The molecule has 0 fully saturated rings. The van der Waals surface area contributed by atoms with E-state index in [-0.39, 0.29) is 5.56 Å². The van der Waals surface area contributed by atoms with Gasteiger partial charge in [0.15, 0.2) is 0 Å². The lowest BCUT2D eigenvalue weighted by molar-refractivity contribution is -0.385. The minimum absolute atomic E-state index is 0.103. The second-order valence-electron chi connectivity index (χ2n) is 2.74. The molecule has 0 amide bonds. The van der Waals surface area contributed by atoms with E-state index in [2.05, 4.69) is 0 Å². The first-order valence-corrected chi connectivity index (χ1v) is 3.75. The molecule has 0 aliphatic rings. The molecule has 72 valence electrons. The highest BCUT2D eigenvalue weighted by Crippen LogP contribution is 2.31. The average Bonchev–Trinajstić information content (AvgIpc) is 2.10. The van der Waals surface area contributed by atoms with Crippen LogP contribution in [-0.4, -0.2) is 16.0 Å². The Morgan fingerprint density at radius 3 is 2.71 bits per heavy atom. The molecule has 1 rings (SSSR count). The molecule has 1 aromatic carbocycles. The molecule has 0 aliphatic carbocycles. The quantitative estimate of drug-likeness (QED) is 0.438. The topological polar surface area (TPSA) is 80.4 Å². The molecule has 0 heterocycles. The summed E-state index contributed by atoms with van der Waals surface area (Å²) in [6.45, 7) is 1.63. The molecular weight excluding hydrogens is 186 g/mol. The van der Waals surface area contributed by atoms with Crippen molar-refractivity contribution in [1.82, 2.24) is 0 Å². The largest absolute Gasteiger partial charge is 0.502 e. The third kappa shape index (κ3) is 1.78. The Morgan fingerprint density at radius 2 is 2.21 bits per heavy atom. The van der Waals surface area contributed by atoms with Crippen molar-refractivity contribution in [3.05, 3.63) is 33.4 Å². The van der Waals surface area contributed by atoms with E-state index < -0.39 is 16.4 Å². The van der Waals surface area contributed by atoms with Crippen LogP contribution in [-0.2, 0) is 4.79 Å². The number of nitro benzene ring substituents is 1. The van der Waals surface area contributed by atoms with Crippen molar-refractivity contribution in [2.75, 3.05) is 0 Å². The van der Waals surface area contributed by atoms with Crippen LogP contribution in [0.5, 0.6) is 5.75 Å². The van der Waals surface area contributed by atoms with Gasteiger partial charge in [0.2, 0.25) is 5.75 Å². The van der Waals surface area contributed by atoms with Gasteiger partial charge in [0.1, 0.15) is 5.94 Å². The van der Waals surface area contributed by atoms with Crippen LogP contribution in [0.2, 0.25) is 0 Å². The first-order valence-electron chi connectivity index (χ1n) is 3.75. The number of phenolic OH excluding ortho intramolecular Hbond substituents is 1. The number of hydrogen-bond donors (Lipinski definition) is 1. The average molecular weight is 193 g/mol. The minimum atomic E-state index is -0.704. The zero-order valence-electron chi connectivity index (χ0n) is 7.35. The van der Waals surface area contributed by atoms with Gasteiger partial charge in [-0.15, -0.1) is 0 Å². The maximum Gasteiger partial charge on any atom is 0.311 e. The highest BCUT2D eigenvalue weighted by molar-refractivity contribution is 5.79. The Bertz CT molecular complexity index is 409. The van der Waals surface area contributed by atoms with Crippen LogP contribution < -0.4 is 0 Å². The summed E-state index contributed by atoms with van der Waals surface area (Å²) >= 11 is 0. The molecule has 0 atom stereocenters. The summed E-state index contributed by atoms with van der Waals surface area (Å²) in [5.74, 6) is 0.950. The Balaban J connectivity index is 3.46. The van der Waals surface area contributed by atoms with Crippen LogP contribution in [0.1, 0.15) is 11.1 Å². The Kier molecular flexibility index (Phi) is 2.65. The molecule has 0 aliphatic heterocycles. The number of phenols is 1. The Morgan fingerprint density at radius 1 is 1.57 bits per heavy atom. The highest BCUT2D eigenvalue weighted by atomic mass is 16.6. The number of carbonyl (C=O) groups excluding carboxylic acids is 1. The Hall–Kier alpha value is -2.13. The number of benzene rings is 1. The number of aryl methyl sites for hydroxylation is 1. The van der Waals surface area contributed by atoms with Crippen molar-refractivity contribution in [1.29, 1.82) is 0 Å².